The Morgan fingerprint density at radius 3 is 2.42 bits per heavy atom. The lowest BCUT2D eigenvalue weighted by Crippen LogP contribution is -3.27. The van der Waals surface area contributed by atoms with Gasteiger partial charge in [0.2, 0.25) is 5.91 Å². The van der Waals surface area contributed by atoms with E-state index in [-0.39, 0.29) is 24.5 Å². The Bertz CT molecular complexity index is 566. The number of carbonyl (C=O) groups is 2. The van der Waals surface area contributed by atoms with Crippen LogP contribution in [-0.4, -0.2) is 64.6 Å². The monoisotopic (exact) mass is 363 g/mol. The number of Topliss-reactive ketones (excluding diaryl/α,β-unsaturated/α-hetero) is 1. The molecule has 0 bridgehead atoms. The summed E-state index contributed by atoms with van der Waals surface area (Å²) in [6, 6.07) is 7.09. The maximum atomic E-state index is 12.2. The number of ketones is 1. The van der Waals surface area contributed by atoms with Gasteiger partial charge in [0.25, 0.3) is 0 Å². The van der Waals surface area contributed by atoms with Gasteiger partial charge in [0.1, 0.15) is 31.9 Å². The smallest absolute Gasteiger partial charge is 0.220 e. The standard InChI is InChI=1S/C20H31N3O3/c1-3-26-18-7-5-17(6-8-18)19(24)9-10-20(25)21-11-4-12-23-15-13-22(2)14-16-23/h5-8H,3-4,9-16H2,1-2H3,(H,21,25)/p+2. The highest BCUT2D eigenvalue weighted by atomic mass is 16.5. The molecule has 3 N–H and O–H groups in total. The minimum absolute atomic E-state index is 0.00687. The van der Waals surface area contributed by atoms with Crippen molar-refractivity contribution in [1.29, 1.82) is 0 Å². The molecular formula is C20H33N3O3+2. The summed E-state index contributed by atoms with van der Waals surface area (Å²) in [5.41, 5.74) is 0.627. The third kappa shape index (κ3) is 7.14. The van der Waals surface area contributed by atoms with Gasteiger partial charge in [-0.3, -0.25) is 9.59 Å². The molecule has 1 saturated heterocycles. The summed E-state index contributed by atoms with van der Waals surface area (Å²) in [6.07, 6.45) is 1.48. The van der Waals surface area contributed by atoms with Crippen molar-refractivity contribution in [3.63, 3.8) is 0 Å². The zero-order valence-corrected chi connectivity index (χ0v) is 16.1. The third-order valence-corrected chi connectivity index (χ3v) is 4.91. The minimum Gasteiger partial charge on any atom is -0.494 e. The van der Waals surface area contributed by atoms with Crippen LogP contribution in [0.1, 0.15) is 36.5 Å². The van der Waals surface area contributed by atoms with Crippen LogP contribution >= 0.6 is 0 Å². The fourth-order valence-corrected chi connectivity index (χ4v) is 3.21. The predicted molar refractivity (Wildman–Crippen MR) is 101 cm³/mol. The van der Waals surface area contributed by atoms with E-state index in [1.165, 1.54) is 26.2 Å². The van der Waals surface area contributed by atoms with Crippen LogP contribution in [0.15, 0.2) is 24.3 Å². The van der Waals surface area contributed by atoms with E-state index >= 15 is 0 Å². The van der Waals surface area contributed by atoms with E-state index in [1.807, 2.05) is 6.92 Å². The van der Waals surface area contributed by atoms with E-state index in [4.69, 9.17) is 4.74 Å². The number of likely N-dealkylation sites (N-methyl/N-ethyl adjacent to an activating group) is 1. The summed E-state index contributed by atoms with van der Waals surface area (Å²) in [6.45, 7) is 9.23. The van der Waals surface area contributed by atoms with Crippen LogP contribution in [0.25, 0.3) is 0 Å². The van der Waals surface area contributed by atoms with Crippen molar-refractivity contribution in [2.45, 2.75) is 26.2 Å². The first-order valence-corrected chi connectivity index (χ1v) is 9.76. The zero-order valence-electron chi connectivity index (χ0n) is 16.1. The molecular weight excluding hydrogens is 330 g/mol. The number of hydrogen-bond acceptors (Lipinski definition) is 3. The van der Waals surface area contributed by atoms with Crippen LogP contribution in [0, 0.1) is 0 Å². The Kier molecular flexibility index (Phi) is 8.58. The van der Waals surface area contributed by atoms with Crippen LogP contribution in [0.5, 0.6) is 5.75 Å². The van der Waals surface area contributed by atoms with Crippen molar-refractivity contribution in [1.82, 2.24) is 5.32 Å². The molecule has 1 aromatic rings. The fourth-order valence-electron chi connectivity index (χ4n) is 3.21. The van der Waals surface area contributed by atoms with Crippen LogP contribution in [0.3, 0.4) is 0 Å². The second kappa shape index (κ2) is 10.9. The maximum Gasteiger partial charge on any atom is 0.220 e. The minimum atomic E-state index is -0.0397. The Labute approximate surface area is 156 Å². The molecule has 6 nitrogen and oxygen atoms in total. The third-order valence-electron chi connectivity index (χ3n) is 4.91. The highest BCUT2D eigenvalue weighted by Gasteiger charge is 2.19. The maximum absolute atomic E-state index is 12.2. The number of amides is 1. The molecule has 0 spiro atoms. The molecule has 144 valence electrons. The largest absolute Gasteiger partial charge is 0.494 e. The predicted octanol–water partition coefficient (Wildman–Crippen LogP) is -1.03. The van der Waals surface area contributed by atoms with Gasteiger partial charge < -0.3 is 19.9 Å². The quantitative estimate of drug-likeness (QED) is 0.368. The van der Waals surface area contributed by atoms with Crippen molar-refractivity contribution in [2.24, 2.45) is 0 Å². The lowest BCUT2D eigenvalue weighted by Gasteiger charge is -2.27. The fraction of sp³-hybridized carbons (Fsp3) is 0.600. The number of hydrogen-bond donors (Lipinski definition) is 3. The highest BCUT2D eigenvalue weighted by Crippen LogP contribution is 2.13. The summed E-state index contributed by atoms with van der Waals surface area (Å²) in [5, 5.41) is 2.93. The van der Waals surface area contributed by atoms with E-state index in [1.54, 1.807) is 34.1 Å². The Morgan fingerprint density at radius 2 is 1.77 bits per heavy atom. The van der Waals surface area contributed by atoms with E-state index in [9.17, 15) is 9.59 Å². The number of benzene rings is 1. The van der Waals surface area contributed by atoms with Gasteiger partial charge in [-0.1, -0.05) is 0 Å². The summed E-state index contributed by atoms with van der Waals surface area (Å²) in [7, 11) is 2.24. The summed E-state index contributed by atoms with van der Waals surface area (Å²) in [5.74, 6) is 0.709. The summed E-state index contributed by atoms with van der Waals surface area (Å²) in [4.78, 5) is 27.3. The summed E-state index contributed by atoms with van der Waals surface area (Å²) < 4.78 is 5.36. The van der Waals surface area contributed by atoms with E-state index < -0.39 is 0 Å². The van der Waals surface area contributed by atoms with Gasteiger partial charge in [-0.25, -0.2) is 0 Å². The lowest BCUT2D eigenvalue weighted by molar-refractivity contribution is -1.00. The van der Waals surface area contributed by atoms with Gasteiger partial charge in [0, 0.05) is 31.4 Å². The molecule has 0 saturated carbocycles. The number of ether oxygens (including phenoxy) is 1. The first-order chi connectivity index (χ1) is 12.6. The van der Waals surface area contributed by atoms with Crippen molar-refractivity contribution in [2.75, 3.05) is 52.9 Å². The van der Waals surface area contributed by atoms with Crippen LogP contribution in [-0.2, 0) is 4.79 Å². The number of nitrogens with one attached hydrogen (secondary N) is 3. The van der Waals surface area contributed by atoms with Crippen molar-refractivity contribution < 1.29 is 24.1 Å². The van der Waals surface area contributed by atoms with E-state index in [0.29, 0.717) is 18.7 Å². The molecule has 1 aromatic carbocycles. The topological polar surface area (TPSA) is 64.3 Å². The van der Waals surface area contributed by atoms with Gasteiger partial charge in [-0.05, 0) is 31.2 Å². The molecule has 2 rings (SSSR count). The second-order valence-electron chi connectivity index (χ2n) is 7.04. The molecule has 0 aromatic heterocycles. The average Bonchev–Trinajstić information content (AvgIpc) is 2.65. The lowest BCUT2D eigenvalue weighted by atomic mass is 10.1. The molecule has 0 radical (unpaired) electrons. The van der Waals surface area contributed by atoms with E-state index in [2.05, 4.69) is 12.4 Å². The molecule has 1 fully saturated rings. The van der Waals surface area contributed by atoms with Crippen molar-refractivity contribution in [3.8, 4) is 5.75 Å². The highest BCUT2D eigenvalue weighted by molar-refractivity contribution is 5.98. The van der Waals surface area contributed by atoms with Gasteiger partial charge >= 0.3 is 0 Å². The number of quaternary nitrogens is 2. The van der Waals surface area contributed by atoms with Gasteiger partial charge in [0.15, 0.2) is 5.78 Å². The zero-order chi connectivity index (χ0) is 18.8. The molecule has 26 heavy (non-hydrogen) atoms. The Morgan fingerprint density at radius 1 is 1.08 bits per heavy atom. The van der Waals surface area contributed by atoms with E-state index in [0.717, 1.165) is 18.7 Å². The molecule has 1 aliphatic heterocycles. The molecule has 0 atom stereocenters. The normalized spacial score (nSPS) is 19.8. The van der Waals surface area contributed by atoms with Gasteiger partial charge in [0.05, 0.1) is 20.2 Å². The van der Waals surface area contributed by atoms with Crippen LogP contribution in [0.2, 0.25) is 0 Å². The second-order valence-corrected chi connectivity index (χ2v) is 7.04. The SMILES string of the molecule is CCOc1ccc(C(=O)CCC(=O)NCCC[NH+]2CC[NH+](C)CC2)cc1. The number of rotatable bonds is 10. The first kappa shape index (κ1) is 20.4. The molecule has 0 unspecified atom stereocenters. The molecule has 0 aliphatic carbocycles. The number of piperazine rings is 1. The van der Waals surface area contributed by atoms with Gasteiger partial charge in [-0.2, -0.15) is 0 Å². The summed E-state index contributed by atoms with van der Waals surface area (Å²) >= 11 is 0. The molecule has 6 heteroatoms. The molecule has 1 aliphatic rings. The Hall–Kier alpha value is -1.92. The van der Waals surface area contributed by atoms with Crippen molar-refractivity contribution in [3.05, 3.63) is 29.8 Å². The number of carbonyl (C=O) groups excluding carboxylic acids is 2. The average molecular weight is 364 g/mol. The first-order valence-electron chi connectivity index (χ1n) is 9.76. The Balaban J connectivity index is 1.58. The van der Waals surface area contributed by atoms with Gasteiger partial charge in [-0.15, -0.1) is 0 Å². The van der Waals surface area contributed by atoms with Crippen LogP contribution < -0.4 is 19.9 Å². The van der Waals surface area contributed by atoms with Crippen LogP contribution in [0.4, 0.5) is 0 Å². The van der Waals surface area contributed by atoms with Crippen molar-refractivity contribution >= 4 is 11.7 Å². The molecule has 1 amide bonds. The molecule has 1 heterocycles.